The molecular formula is C15H20N2O3S. The molecule has 2 saturated heterocycles. The molecule has 0 spiro atoms. The molecule has 2 bridgehead atoms. The van der Waals surface area contributed by atoms with Crippen molar-refractivity contribution in [3.05, 3.63) is 29.3 Å². The van der Waals surface area contributed by atoms with Crippen LogP contribution in [0.5, 0.6) is 0 Å². The zero-order chi connectivity index (χ0) is 14.4. The molecule has 1 aromatic carbocycles. The number of morpholine rings is 1. The monoisotopic (exact) mass is 308 g/mol. The molecule has 0 aromatic heterocycles. The van der Waals surface area contributed by atoms with E-state index in [1.165, 1.54) is 0 Å². The van der Waals surface area contributed by atoms with E-state index in [1.54, 1.807) is 10.4 Å². The normalized spacial score (nSPS) is 29.3. The molecule has 5 nitrogen and oxygen atoms in total. The zero-order valence-electron chi connectivity index (χ0n) is 11.9. The van der Waals surface area contributed by atoms with Gasteiger partial charge in [0, 0.05) is 19.6 Å². The van der Waals surface area contributed by atoms with Gasteiger partial charge >= 0.3 is 0 Å². The molecule has 4 rings (SSSR count). The van der Waals surface area contributed by atoms with Crippen LogP contribution in [0.4, 0.5) is 0 Å². The summed E-state index contributed by atoms with van der Waals surface area (Å²) in [5.41, 5.74) is 2.11. The second-order valence-electron chi connectivity index (χ2n) is 6.10. The summed E-state index contributed by atoms with van der Waals surface area (Å²) in [4.78, 5) is 0.503. The molecule has 0 saturated carbocycles. The predicted molar refractivity (Wildman–Crippen MR) is 78.5 cm³/mol. The maximum atomic E-state index is 13.0. The molecule has 0 amide bonds. The average Bonchev–Trinajstić information content (AvgIpc) is 2.84. The van der Waals surface area contributed by atoms with E-state index in [1.807, 2.05) is 12.1 Å². The molecule has 0 aliphatic carbocycles. The Morgan fingerprint density at radius 2 is 1.95 bits per heavy atom. The number of benzene rings is 1. The van der Waals surface area contributed by atoms with Crippen LogP contribution >= 0.6 is 0 Å². The lowest BCUT2D eigenvalue weighted by Crippen LogP contribution is -2.46. The first kappa shape index (κ1) is 13.7. The molecule has 114 valence electrons. The minimum Gasteiger partial charge on any atom is -0.372 e. The molecule has 3 aliphatic rings. The minimum atomic E-state index is -3.40. The maximum absolute atomic E-state index is 13.0. The van der Waals surface area contributed by atoms with Gasteiger partial charge < -0.3 is 10.1 Å². The lowest BCUT2D eigenvalue weighted by Gasteiger charge is -2.32. The number of ether oxygens (including phenoxy) is 1. The molecule has 3 aliphatic heterocycles. The topological polar surface area (TPSA) is 58.6 Å². The molecule has 2 fully saturated rings. The lowest BCUT2D eigenvalue weighted by molar-refractivity contribution is -0.0114. The van der Waals surface area contributed by atoms with Crippen molar-refractivity contribution >= 4 is 10.0 Å². The number of hydrogen-bond donors (Lipinski definition) is 1. The molecule has 6 heteroatoms. The Morgan fingerprint density at radius 3 is 2.71 bits per heavy atom. The molecule has 2 atom stereocenters. The standard InChI is InChI=1S/C15H20N2O3S/c18-21(19,17-9-12-4-5-13(10-17)20-12)15-3-1-2-11-8-16-7-6-14(11)15/h1-3,12-13,16H,4-10H2. The molecular weight excluding hydrogens is 288 g/mol. The molecule has 1 N–H and O–H groups in total. The van der Waals surface area contributed by atoms with Gasteiger partial charge in [-0.1, -0.05) is 12.1 Å². The van der Waals surface area contributed by atoms with E-state index in [4.69, 9.17) is 4.74 Å². The fourth-order valence-electron chi connectivity index (χ4n) is 3.65. The van der Waals surface area contributed by atoms with E-state index in [2.05, 4.69) is 5.32 Å². The first-order chi connectivity index (χ1) is 10.1. The van der Waals surface area contributed by atoms with E-state index in [9.17, 15) is 8.42 Å². The fraction of sp³-hybridized carbons (Fsp3) is 0.600. The molecule has 3 heterocycles. The second-order valence-corrected chi connectivity index (χ2v) is 8.01. The molecule has 2 unspecified atom stereocenters. The molecule has 1 aromatic rings. The number of rotatable bonds is 2. The van der Waals surface area contributed by atoms with Gasteiger partial charge in [0.1, 0.15) is 0 Å². The third-order valence-electron chi connectivity index (χ3n) is 4.73. The highest BCUT2D eigenvalue weighted by molar-refractivity contribution is 7.89. The highest BCUT2D eigenvalue weighted by atomic mass is 32.2. The highest BCUT2D eigenvalue weighted by Crippen LogP contribution is 2.32. The Labute approximate surface area is 125 Å². The fourth-order valence-corrected chi connectivity index (χ4v) is 5.45. The van der Waals surface area contributed by atoms with Gasteiger partial charge in [-0.2, -0.15) is 4.31 Å². The first-order valence-corrected chi connectivity index (χ1v) is 9.06. The quantitative estimate of drug-likeness (QED) is 0.881. The van der Waals surface area contributed by atoms with E-state index in [0.29, 0.717) is 18.0 Å². The van der Waals surface area contributed by atoms with E-state index in [-0.39, 0.29) is 12.2 Å². The third-order valence-corrected chi connectivity index (χ3v) is 6.64. The van der Waals surface area contributed by atoms with Crippen molar-refractivity contribution in [3.63, 3.8) is 0 Å². The van der Waals surface area contributed by atoms with Crippen LogP contribution in [0.3, 0.4) is 0 Å². The van der Waals surface area contributed by atoms with Crippen LogP contribution in [0.25, 0.3) is 0 Å². The van der Waals surface area contributed by atoms with Gasteiger partial charge in [0.15, 0.2) is 0 Å². The summed E-state index contributed by atoms with van der Waals surface area (Å²) in [5.74, 6) is 0. The van der Waals surface area contributed by atoms with Crippen molar-refractivity contribution in [3.8, 4) is 0 Å². The third kappa shape index (κ3) is 2.30. The highest BCUT2D eigenvalue weighted by Gasteiger charge is 2.40. The zero-order valence-corrected chi connectivity index (χ0v) is 12.7. The summed E-state index contributed by atoms with van der Waals surface area (Å²) in [5, 5.41) is 3.29. The van der Waals surface area contributed by atoms with Gasteiger partial charge in [-0.05, 0) is 43.0 Å². The van der Waals surface area contributed by atoms with E-state index < -0.39 is 10.0 Å². The summed E-state index contributed by atoms with van der Waals surface area (Å²) in [7, 11) is -3.40. The van der Waals surface area contributed by atoms with Crippen molar-refractivity contribution in [2.75, 3.05) is 19.6 Å². The van der Waals surface area contributed by atoms with Gasteiger partial charge in [0.05, 0.1) is 17.1 Å². The van der Waals surface area contributed by atoms with Crippen LogP contribution in [0.15, 0.2) is 23.1 Å². The van der Waals surface area contributed by atoms with Crippen molar-refractivity contribution in [2.24, 2.45) is 0 Å². The Hall–Kier alpha value is -0.950. The van der Waals surface area contributed by atoms with Gasteiger partial charge in [-0.3, -0.25) is 0 Å². The summed E-state index contributed by atoms with van der Waals surface area (Å²) in [6.07, 6.45) is 2.91. The van der Waals surface area contributed by atoms with E-state index in [0.717, 1.165) is 43.5 Å². The van der Waals surface area contributed by atoms with Crippen LogP contribution in [0.2, 0.25) is 0 Å². The largest absolute Gasteiger partial charge is 0.372 e. The maximum Gasteiger partial charge on any atom is 0.243 e. The van der Waals surface area contributed by atoms with Crippen molar-refractivity contribution < 1.29 is 13.2 Å². The number of nitrogens with zero attached hydrogens (tertiary/aromatic N) is 1. The number of hydrogen-bond acceptors (Lipinski definition) is 4. The van der Waals surface area contributed by atoms with E-state index >= 15 is 0 Å². The van der Waals surface area contributed by atoms with Crippen molar-refractivity contribution in [1.29, 1.82) is 0 Å². The summed E-state index contributed by atoms with van der Waals surface area (Å²) in [6, 6.07) is 5.63. The lowest BCUT2D eigenvalue weighted by atomic mass is 10.0. The minimum absolute atomic E-state index is 0.0831. The smallest absolute Gasteiger partial charge is 0.243 e. The van der Waals surface area contributed by atoms with Gasteiger partial charge in [-0.25, -0.2) is 8.42 Å². The Balaban J connectivity index is 1.72. The number of sulfonamides is 1. The average molecular weight is 308 g/mol. The Bertz CT molecular complexity index is 647. The first-order valence-electron chi connectivity index (χ1n) is 7.62. The Kier molecular flexibility index (Phi) is 3.29. The number of fused-ring (bicyclic) bond motifs is 3. The molecule has 0 radical (unpaired) electrons. The van der Waals surface area contributed by atoms with Crippen LogP contribution in [0, 0.1) is 0 Å². The van der Waals surface area contributed by atoms with Gasteiger partial charge in [0.2, 0.25) is 10.0 Å². The Morgan fingerprint density at radius 1 is 1.19 bits per heavy atom. The predicted octanol–water partition coefficient (Wildman–Crippen LogP) is 0.884. The molecule has 21 heavy (non-hydrogen) atoms. The van der Waals surface area contributed by atoms with Crippen LogP contribution < -0.4 is 5.32 Å². The number of nitrogens with one attached hydrogen (secondary N) is 1. The SMILES string of the molecule is O=S(=O)(c1cccc2c1CCNC2)N1CC2CCC(C1)O2. The van der Waals surface area contributed by atoms with Crippen molar-refractivity contribution in [2.45, 2.75) is 42.9 Å². The summed E-state index contributed by atoms with van der Waals surface area (Å²) in [6.45, 7) is 2.60. The van der Waals surface area contributed by atoms with Gasteiger partial charge in [0.25, 0.3) is 0 Å². The van der Waals surface area contributed by atoms with Crippen molar-refractivity contribution in [1.82, 2.24) is 9.62 Å². The summed E-state index contributed by atoms with van der Waals surface area (Å²) >= 11 is 0. The van der Waals surface area contributed by atoms with Crippen LogP contribution in [0.1, 0.15) is 24.0 Å². The van der Waals surface area contributed by atoms with Gasteiger partial charge in [-0.15, -0.1) is 0 Å². The second kappa shape index (κ2) is 5.05. The summed E-state index contributed by atoms with van der Waals surface area (Å²) < 4.78 is 33.4. The van der Waals surface area contributed by atoms with Crippen LogP contribution in [-0.2, 0) is 27.7 Å². The van der Waals surface area contributed by atoms with Crippen LogP contribution in [-0.4, -0.2) is 44.6 Å².